The largest absolute Gasteiger partial charge is 0.444 e. The van der Waals surface area contributed by atoms with Crippen molar-refractivity contribution < 1.29 is 24.2 Å². The molecule has 2 N–H and O–H groups in total. The van der Waals surface area contributed by atoms with Crippen LogP contribution in [0, 0.1) is 0 Å². The molecule has 8 nitrogen and oxygen atoms in total. The molecule has 4 atom stereocenters. The molecule has 5 rings (SSSR count). The molecular formula is C32H39N3O5. The smallest absolute Gasteiger partial charge is 0.410 e. The molecule has 8 heteroatoms. The van der Waals surface area contributed by atoms with Crippen LogP contribution >= 0.6 is 0 Å². The summed E-state index contributed by atoms with van der Waals surface area (Å²) in [5, 5.41) is 14.2. The van der Waals surface area contributed by atoms with Crippen LogP contribution in [0.15, 0.2) is 66.4 Å². The number of nitrogens with zero attached hydrogens (tertiary/aromatic N) is 2. The van der Waals surface area contributed by atoms with E-state index in [1.54, 1.807) is 9.80 Å². The zero-order valence-electron chi connectivity index (χ0n) is 23.5. The van der Waals surface area contributed by atoms with Crippen molar-refractivity contribution in [2.24, 2.45) is 0 Å². The number of fused-ring (bicyclic) bond motifs is 1. The van der Waals surface area contributed by atoms with Gasteiger partial charge in [-0.25, -0.2) is 4.79 Å². The number of anilines is 1. The maximum Gasteiger partial charge on any atom is 0.410 e. The maximum absolute atomic E-state index is 13.3. The SMILES string of the molecule is CC(C)(C)OC(=O)N1[C@H](Cc2ccc(NC(=O)[C@H]3CCC4=CCCC(=O)N43)cc2)CC[C@@H]1[C@H](O)c1ccccc1. The average molecular weight is 546 g/mol. The summed E-state index contributed by atoms with van der Waals surface area (Å²) in [5.41, 5.74) is 2.78. The lowest BCUT2D eigenvalue weighted by Crippen LogP contribution is -2.47. The molecular weight excluding hydrogens is 506 g/mol. The number of hydrogen-bond acceptors (Lipinski definition) is 5. The summed E-state index contributed by atoms with van der Waals surface area (Å²) in [5.74, 6) is -0.150. The summed E-state index contributed by atoms with van der Waals surface area (Å²) in [7, 11) is 0. The molecule has 0 saturated carbocycles. The van der Waals surface area contributed by atoms with Gasteiger partial charge >= 0.3 is 6.09 Å². The Morgan fingerprint density at radius 2 is 1.75 bits per heavy atom. The van der Waals surface area contributed by atoms with Crippen molar-refractivity contribution in [2.75, 3.05) is 5.32 Å². The highest BCUT2D eigenvalue weighted by Gasteiger charge is 2.43. The molecule has 3 aliphatic heterocycles. The van der Waals surface area contributed by atoms with Crippen molar-refractivity contribution in [2.45, 2.75) is 95.5 Å². The molecule has 212 valence electrons. The minimum Gasteiger partial charge on any atom is -0.444 e. The fraction of sp³-hybridized carbons (Fsp3) is 0.469. The van der Waals surface area contributed by atoms with Crippen LogP contribution < -0.4 is 5.32 Å². The Kier molecular flexibility index (Phi) is 7.99. The van der Waals surface area contributed by atoms with Gasteiger partial charge in [0.15, 0.2) is 0 Å². The first-order valence-electron chi connectivity index (χ1n) is 14.3. The van der Waals surface area contributed by atoms with E-state index < -0.39 is 23.8 Å². The molecule has 3 aliphatic rings. The molecule has 2 fully saturated rings. The van der Waals surface area contributed by atoms with Gasteiger partial charge in [0.2, 0.25) is 11.8 Å². The normalized spacial score (nSPS) is 23.4. The van der Waals surface area contributed by atoms with Gasteiger partial charge in [-0.3, -0.25) is 14.5 Å². The first-order chi connectivity index (χ1) is 19.1. The summed E-state index contributed by atoms with van der Waals surface area (Å²) in [4.78, 5) is 42.1. The maximum atomic E-state index is 13.3. The quantitative estimate of drug-likeness (QED) is 0.511. The third kappa shape index (κ3) is 6.07. The second-order valence-corrected chi connectivity index (χ2v) is 12.0. The van der Waals surface area contributed by atoms with E-state index >= 15 is 0 Å². The van der Waals surface area contributed by atoms with E-state index in [0.29, 0.717) is 31.4 Å². The van der Waals surface area contributed by atoms with Crippen LogP contribution in [0.1, 0.15) is 76.5 Å². The van der Waals surface area contributed by atoms with Crippen LogP contribution in [-0.2, 0) is 20.7 Å². The van der Waals surface area contributed by atoms with Gasteiger partial charge in [-0.2, -0.15) is 0 Å². The molecule has 2 aromatic carbocycles. The standard InChI is InChI=1S/C32H39N3O5/c1-32(2,3)40-31(39)35-25(17-18-26(35)29(37)22-8-5-4-6-9-22)20-21-12-14-23(15-13-21)33-30(38)27-19-16-24-10-7-11-28(36)34(24)27/h4-6,8-10,12-15,25-27,29,37H,7,11,16-20H2,1-3H3,(H,33,38)/t25-,26+,27+,29+/m0/s1. The highest BCUT2D eigenvalue weighted by atomic mass is 16.6. The van der Waals surface area contributed by atoms with E-state index in [0.717, 1.165) is 36.1 Å². The Hall–Kier alpha value is -3.65. The van der Waals surface area contributed by atoms with Gasteiger partial charge < -0.3 is 20.1 Å². The minimum atomic E-state index is -0.811. The van der Waals surface area contributed by atoms with Crippen molar-refractivity contribution in [3.05, 3.63) is 77.5 Å². The molecule has 0 spiro atoms. The summed E-state index contributed by atoms with van der Waals surface area (Å²) in [6.45, 7) is 5.53. The number of ether oxygens (including phenoxy) is 1. The summed E-state index contributed by atoms with van der Waals surface area (Å²) in [6, 6.07) is 16.1. The number of nitrogens with one attached hydrogen (secondary N) is 1. The predicted octanol–water partition coefficient (Wildman–Crippen LogP) is 5.34. The van der Waals surface area contributed by atoms with E-state index in [1.807, 2.05) is 75.4 Å². The number of rotatable bonds is 6. The Labute approximate surface area is 236 Å². The summed E-state index contributed by atoms with van der Waals surface area (Å²) >= 11 is 0. The number of hydrogen-bond donors (Lipinski definition) is 2. The predicted molar refractivity (Wildman–Crippen MR) is 152 cm³/mol. The highest BCUT2D eigenvalue weighted by Crippen LogP contribution is 2.36. The van der Waals surface area contributed by atoms with Gasteiger partial charge in [-0.1, -0.05) is 48.5 Å². The van der Waals surface area contributed by atoms with Crippen LogP contribution in [0.5, 0.6) is 0 Å². The Morgan fingerprint density at radius 1 is 1.02 bits per heavy atom. The molecule has 0 aliphatic carbocycles. The summed E-state index contributed by atoms with van der Waals surface area (Å²) < 4.78 is 5.76. The third-order valence-electron chi connectivity index (χ3n) is 7.95. The number of aliphatic hydroxyl groups is 1. The van der Waals surface area contributed by atoms with Crippen LogP contribution in [0.25, 0.3) is 0 Å². The molecule has 2 saturated heterocycles. The fourth-order valence-electron chi connectivity index (χ4n) is 6.12. The second kappa shape index (κ2) is 11.5. The lowest BCUT2D eigenvalue weighted by Gasteiger charge is -2.35. The minimum absolute atomic E-state index is 0.0206. The van der Waals surface area contributed by atoms with Crippen molar-refractivity contribution >= 4 is 23.6 Å². The van der Waals surface area contributed by atoms with Crippen LogP contribution in [0.2, 0.25) is 0 Å². The topological polar surface area (TPSA) is 99.2 Å². The van der Waals surface area contributed by atoms with E-state index in [9.17, 15) is 19.5 Å². The lowest BCUT2D eigenvalue weighted by molar-refractivity contribution is -0.135. The zero-order chi connectivity index (χ0) is 28.4. The van der Waals surface area contributed by atoms with Gasteiger partial charge in [0, 0.05) is 23.8 Å². The van der Waals surface area contributed by atoms with E-state index in [2.05, 4.69) is 11.4 Å². The monoisotopic (exact) mass is 545 g/mol. The van der Waals surface area contributed by atoms with Crippen molar-refractivity contribution in [3.8, 4) is 0 Å². The first-order valence-corrected chi connectivity index (χ1v) is 14.3. The molecule has 40 heavy (non-hydrogen) atoms. The molecule has 2 aromatic rings. The molecule has 3 heterocycles. The number of carbonyl (C=O) groups is 3. The van der Waals surface area contributed by atoms with E-state index in [4.69, 9.17) is 4.74 Å². The lowest BCUT2D eigenvalue weighted by atomic mass is 10.0. The Balaban J connectivity index is 1.27. The molecule has 0 radical (unpaired) electrons. The zero-order valence-corrected chi connectivity index (χ0v) is 23.5. The number of likely N-dealkylation sites (tertiary alicyclic amines) is 1. The van der Waals surface area contributed by atoms with Gasteiger partial charge in [-0.15, -0.1) is 0 Å². The van der Waals surface area contributed by atoms with E-state index in [1.165, 1.54) is 0 Å². The Morgan fingerprint density at radius 3 is 2.45 bits per heavy atom. The first kappa shape index (κ1) is 27.9. The van der Waals surface area contributed by atoms with Crippen LogP contribution in [-0.4, -0.2) is 56.5 Å². The van der Waals surface area contributed by atoms with E-state index in [-0.39, 0.29) is 23.9 Å². The molecule has 0 bridgehead atoms. The number of benzene rings is 2. The van der Waals surface area contributed by atoms with Gasteiger partial charge in [-0.05, 0) is 82.6 Å². The molecule has 3 amide bonds. The highest BCUT2D eigenvalue weighted by molar-refractivity contribution is 5.98. The Bertz CT molecular complexity index is 1270. The number of allylic oxidation sites excluding steroid dienone is 2. The van der Waals surface area contributed by atoms with Crippen molar-refractivity contribution in [3.63, 3.8) is 0 Å². The van der Waals surface area contributed by atoms with Gasteiger partial charge in [0.1, 0.15) is 11.6 Å². The van der Waals surface area contributed by atoms with Gasteiger partial charge in [0.25, 0.3) is 0 Å². The number of amides is 3. The molecule has 0 unspecified atom stereocenters. The second-order valence-electron chi connectivity index (χ2n) is 12.0. The number of carbonyl (C=O) groups excluding carboxylic acids is 3. The van der Waals surface area contributed by atoms with Crippen molar-refractivity contribution in [1.82, 2.24) is 9.80 Å². The van der Waals surface area contributed by atoms with Crippen LogP contribution in [0.3, 0.4) is 0 Å². The van der Waals surface area contributed by atoms with Gasteiger partial charge in [0.05, 0.1) is 12.1 Å². The average Bonchev–Trinajstić information content (AvgIpc) is 3.54. The summed E-state index contributed by atoms with van der Waals surface area (Å²) in [6.07, 6.45) is 5.43. The fourth-order valence-corrected chi connectivity index (χ4v) is 6.12. The molecule has 0 aromatic heterocycles. The van der Waals surface area contributed by atoms with Crippen molar-refractivity contribution in [1.29, 1.82) is 0 Å². The third-order valence-corrected chi connectivity index (χ3v) is 7.95. The number of aliphatic hydroxyl groups excluding tert-OH is 1. The van der Waals surface area contributed by atoms with Crippen LogP contribution in [0.4, 0.5) is 10.5 Å².